The molecule has 0 atom stereocenters. The van der Waals surface area contributed by atoms with E-state index in [4.69, 9.17) is 4.74 Å². The van der Waals surface area contributed by atoms with Crippen LogP contribution < -0.4 is 4.74 Å². The van der Waals surface area contributed by atoms with Crippen molar-refractivity contribution in [3.05, 3.63) is 34.1 Å². The van der Waals surface area contributed by atoms with Crippen molar-refractivity contribution in [3.63, 3.8) is 0 Å². The second-order valence-corrected chi connectivity index (χ2v) is 4.08. The number of ether oxygens (including phenoxy) is 1. The third-order valence-corrected chi connectivity index (χ3v) is 2.59. The lowest BCUT2D eigenvalue weighted by Crippen LogP contribution is -1.90. The molecule has 14 heavy (non-hydrogen) atoms. The van der Waals surface area contributed by atoms with Gasteiger partial charge in [0.05, 0.1) is 11.6 Å². The average molecular weight is 324 g/mol. The van der Waals surface area contributed by atoms with E-state index in [1.54, 1.807) is 6.07 Å². The molecule has 1 rings (SSSR count). The predicted octanol–water partition coefficient (Wildman–Crippen LogP) is 4.00. The molecule has 1 nitrogen and oxygen atoms in total. The van der Waals surface area contributed by atoms with E-state index >= 15 is 0 Å². The number of hydrogen-bond donors (Lipinski definition) is 0. The molecule has 4 heteroatoms. The molecule has 76 valence electrons. The standard InChI is InChI=1S/C10H9Br2FO/c1-14-10-8(12)5-7(3-2-4-11)6-9(10)13/h2-3,5-6H,4H2,1H3. The van der Waals surface area contributed by atoms with Crippen molar-refractivity contribution >= 4 is 37.9 Å². The van der Waals surface area contributed by atoms with Crippen LogP contribution >= 0.6 is 31.9 Å². The minimum absolute atomic E-state index is 0.237. The number of allylic oxidation sites excluding steroid dienone is 1. The summed E-state index contributed by atoms with van der Waals surface area (Å²) in [6.07, 6.45) is 3.73. The first-order chi connectivity index (χ1) is 6.69. The zero-order valence-electron chi connectivity index (χ0n) is 7.56. The smallest absolute Gasteiger partial charge is 0.168 e. The summed E-state index contributed by atoms with van der Waals surface area (Å²) in [4.78, 5) is 0. The third kappa shape index (κ3) is 2.82. The molecule has 0 spiro atoms. The van der Waals surface area contributed by atoms with Gasteiger partial charge in [0, 0.05) is 5.33 Å². The van der Waals surface area contributed by atoms with Gasteiger partial charge in [0.2, 0.25) is 0 Å². The van der Waals surface area contributed by atoms with Crippen molar-refractivity contribution in [2.24, 2.45) is 0 Å². The molecular weight excluding hydrogens is 315 g/mol. The second-order valence-electron chi connectivity index (χ2n) is 2.57. The van der Waals surface area contributed by atoms with E-state index in [9.17, 15) is 4.39 Å². The lowest BCUT2D eigenvalue weighted by molar-refractivity contribution is 0.383. The molecule has 0 unspecified atom stereocenters. The monoisotopic (exact) mass is 322 g/mol. The van der Waals surface area contributed by atoms with Gasteiger partial charge in [0.1, 0.15) is 0 Å². The Morgan fingerprint density at radius 1 is 1.50 bits per heavy atom. The highest BCUT2D eigenvalue weighted by atomic mass is 79.9. The molecule has 0 aliphatic heterocycles. The Bertz CT molecular complexity index is 327. The normalized spacial score (nSPS) is 10.9. The van der Waals surface area contributed by atoms with Crippen LogP contribution in [0.1, 0.15) is 5.56 Å². The minimum atomic E-state index is -0.365. The lowest BCUT2D eigenvalue weighted by atomic mass is 10.2. The predicted molar refractivity (Wildman–Crippen MR) is 63.5 cm³/mol. The maximum Gasteiger partial charge on any atom is 0.168 e. The highest BCUT2D eigenvalue weighted by molar-refractivity contribution is 9.10. The fourth-order valence-electron chi connectivity index (χ4n) is 1.05. The second kappa shape index (κ2) is 5.51. The zero-order chi connectivity index (χ0) is 10.6. The highest BCUT2D eigenvalue weighted by Gasteiger charge is 2.07. The van der Waals surface area contributed by atoms with E-state index in [-0.39, 0.29) is 11.6 Å². The summed E-state index contributed by atoms with van der Waals surface area (Å²) < 4.78 is 18.8. The molecular formula is C10H9Br2FO. The largest absolute Gasteiger partial charge is 0.492 e. The number of rotatable bonds is 3. The molecule has 0 aromatic heterocycles. The van der Waals surface area contributed by atoms with E-state index in [2.05, 4.69) is 31.9 Å². The van der Waals surface area contributed by atoms with Gasteiger partial charge in [0.15, 0.2) is 11.6 Å². The highest BCUT2D eigenvalue weighted by Crippen LogP contribution is 2.29. The topological polar surface area (TPSA) is 9.23 Å². The summed E-state index contributed by atoms with van der Waals surface area (Å²) in [6, 6.07) is 3.24. The molecule has 0 aliphatic carbocycles. The van der Waals surface area contributed by atoms with Crippen LogP contribution in [0.3, 0.4) is 0 Å². The molecule has 0 saturated carbocycles. The molecule has 0 saturated heterocycles. The summed E-state index contributed by atoms with van der Waals surface area (Å²) in [7, 11) is 1.44. The van der Waals surface area contributed by atoms with Crippen molar-refractivity contribution in [2.75, 3.05) is 12.4 Å². The minimum Gasteiger partial charge on any atom is -0.492 e. The summed E-state index contributed by atoms with van der Waals surface area (Å²) in [5.41, 5.74) is 0.801. The lowest BCUT2D eigenvalue weighted by Gasteiger charge is -2.05. The first-order valence-electron chi connectivity index (χ1n) is 3.94. The maximum atomic E-state index is 13.3. The van der Waals surface area contributed by atoms with Crippen LogP contribution in [0.2, 0.25) is 0 Å². The van der Waals surface area contributed by atoms with Gasteiger partial charge in [-0.2, -0.15) is 0 Å². The van der Waals surface area contributed by atoms with E-state index in [1.807, 2.05) is 12.2 Å². The van der Waals surface area contributed by atoms with Gasteiger partial charge >= 0.3 is 0 Å². The molecule has 0 N–H and O–H groups in total. The van der Waals surface area contributed by atoms with Gasteiger partial charge in [-0.1, -0.05) is 28.1 Å². The van der Waals surface area contributed by atoms with Crippen molar-refractivity contribution in [1.82, 2.24) is 0 Å². The summed E-state index contributed by atoms with van der Waals surface area (Å²) in [6.45, 7) is 0. The maximum absolute atomic E-state index is 13.3. The molecule has 1 aromatic rings. The molecule has 0 radical (unpaired) electrons. The fraction of sp³-hybridized carbons (Fsp3) is 0.200. The Hall–Kier alpha value is -0.350. The molecule has 0 amide bonds. The fourth-order valence-corrected chi connectivity index (χ4v) is 1.85. The number of hydrogen-bond acceptors (Lipinski definition) is 1. The number of benzene rings is 1. The van der Waals surface area contributed by atoms with Crippen LogP contribution in [0, 0.1) is 5.82 Å². The Morgan fingerprint density at radius 2 is 2.21 bits per heavy atom. The zero-order valence-corrected chi connectivity index (χ0v) is 10.7. The van der Waals surface area contributed by atoms with Crippen LogP contribution in [0.15, 0.2) is 22.7 Å². The van der Waals surface area contributed by atoms with Crippen LogP contribution in [0.5, 0.6) is 5.75 Å². The van der Waals surface area contributed by atoms with Crippen LogP contribution in [-0.2, 0) is 0 Å². The van der Waals surface area contributed by atoms with Gasteiger partial charge < -0.3 is 4.74 Å². The summed E-state index contributed by atoms with van der Waals surface area (Å²) in [5.74, 6) is -0.128. The van der Waals surface area contributed by atoms with Crippen molar-refractivity contribution < 1.29 is 9.13 Å². The Kier molecular flexibility index (Phi) is 4.62. The van der Waals surface area contributed by atoms with Gasteiger partial charge in [0.25, 0.3) is 0 Å². The number of methoxy groups -OCH3 is 1. The molecule has 0 heterocycles. The van der Waals surface area contributed by atoms with E-state index in [0.29, 0.717) is 4.47 Å². The Morgan fingerprint density at radius 3 is 2.71 bits per heavy atom. The first kappa shape index (κ1) is 11.7. The van der Waals surface area contributed by atoms with E-state index < -0.39 is 0 Å². The number of halogens is 3. The summed E-state index contributed by atoms with van der Waals surface area (Å²) >= 11 is 6.49. The van der Waals surface area contributed by atoms with E-state index in [1.165, 1.54) is 13.2 Å². The Balaban J connectivity index is 3.07. The van der Waals surface area contributed by atoms with Crippen LogP contribution in [0.25, 0.3) is 6.08 Å². The molecule has 0 fully saturated rings. The average Bonchev–Trinajstić information content (AvgIpc) is 2.14. The first-order valence-corrected chi connectivity index (χ1v) is 5.86. The van der Waals surface area contributed by atoms with E-state index in [0.717, 1.165) is 10.9 Å². The molecule has 0 aliphatic rings. The molecule has 1 aromatic carbocycles. The van der Waals surface area contributed by atoms with Crippen molar-refractivity contribution in [3.8, 4) is 5.75 Å². The van der Waals surface area contributed by atoms with Gasteiger partial charge in [-0.3, -0.25) is 0 Å². The number of alkyl halides is 1. The van der Waals surface area contributed by atoms with Crippen LogP contribution in [-0.4, -0.2) is 12.4 Å². The van der Waals surface area contributed by atoms with Crippen molar-refractivity contribution in [1.29, 1.82) is 0 Å². The van der Waals surface area contributed by atoms with Gasteiger partial charge in [-0.25, -0.2) is 4.39 Å². The van der Waals surface area contributed by atoms with Gasteiger partial charge in [-0.05, 0) is 33.6 Å². The molecule has 0 bridgehead atoms. The van der Waals surface area contributed by atoms with Gasteiger partial charge in [-0.15, -0.1) is 0 Å². The Labute approximate surface area is 99.2 Å². The van der Waals surface area contributed by atoms with Crippen molar-refractivity contribution in [2.45, 2.75) is 0 Å². The van der Waals surface area contributed by atoms with Crippen LogP contribution in [0.4, 0.5) is 4.39 Å². The summed E-state index contributed by atoms with van der Waals surface area (Å²) in [5, 5.41) is 0.748. The quantitative estimate of drug-likeness (QED) is 0.764. The SMILES string of the molecule is COc1c(F)cc(C=CCBr)cc1Br. The third-order valence-electron chi connectivity index (χ3n) is 1.62.